The minimum absolute atomic E-state index is 0.250. The largest absolute Gasteiger partial charge is 0.359 e. The molecule has 1 heterocycles. The number of hydrogen-bond acceptors (Lipinski definition) is 3. The molecule has 1 aromatic rings. The van der Waals surface area contributed by atoms with Crippen molar-refractivity contribution in [3.8, 4) is 0 Å². The van der Waals surface area contributed by atoms with Gasteiger partial charge in [-0.1, -0.05) is 19.4 Å². The van der Waals surface area contributed by atoms with E-state index in [4.69, 9.17) is 5.73 Å². The lowest BCUT2D eigenvalue weighted by Crippen LogP contribution is -2.30. The van der Waals surface area contributed by atoms with Crippen LogP contribution in [0.3, 0.4) is 0 Å². The maximum absolute atomic E-state index is 6.01. The van der Waals surface area contributed by atoms with Crippen LogP contribution in [0.25, 0.3) is 0 Å². The molecule has 3 heteroatoms. The zero-order chi connectivity index (χ0) is 13.8. The Balaban J connectivity index is 2.01. The number of nitrogens with zero attached hydrogens (tertiary/aromatic N) is 2. The van der Waals surface area contributed by atoms with E-state index in [-0.39, 0.29) is 6.04 Å². The number of hydrogen-bond donors (Lipinski definition) is 1. The Morgan fingerprint density at radius 3 is 2.74 bits per heavy atom. The normalized spacial score (nSPS) is 17.1. The summed E-state index contributed by atoms with van der Waals surface area (Å²) < 4.78 is 0. The molecule has 106 valence electrons. The van der Waals surface area contributed by atoms with E-state index in [9.17, 15) is 0 Å². The van der Waals surface area contributed by atoms with E-state index in [1.54, 1.807) is 0 Å². The average Bonchev–Trinajstić information content (AvgIpc) is 2.33. The average molecular weight is 261 g/mol. The summed E-state index contributed by atoms with van der Waals surface area (Å²) in [6.45, 7) is 5.42. The number of pyridine rings is 1. The fourth-order valence-electron chi connectivity index (χ4n) is 2.73. The maximum atomic E-state index is 6.01. The molecule has 1 aliphatic carbocycles. The monoisotopic (exact) mass is 261 g/mol. The Labute approximate surface area is 117 Å². The van der Waals surface area contributed by atoms with E-state index in [2.05, 4.69) is 36.8 Å². The van der Waals surface area contributed by atoms with Crippen LogP contribution in [-0.2, 0) is 6.42 Å². The summed E-state index contributed by atoms with van der Waals surface area (Å²) in [4.78, 5) is 6.96. The first kappa shape index (κ1) is 14.3. The molecule has 3 nitrogen and oxygen atoms in total. The molecule has 2 rings (SSSR count). The zero-order valence-corrected chi connectivity index (χ0v) is 12.5. The minimum atomic E-state index is 0.250. The van der Waals surface area contributed by atoms with Crippen LogP contribution >= 0.6 is 0 Å². The fourth-order valence-corrected chi connectivity index (χ4v) is 2.73. The van der Waals surface area contributed by atoms with Crippen molar-refractivity contribution in [3.63, 3.8) is 0 Å². The topological polar surface area (TPSA) is 42.1 Å². The summed E-state index contributed by atoms with van der Waals surface area (Å²) >= 11 is 0. The number of nitrogens with two attached hydrogens (primary N) is 1. The molecule has 0 aromatic carbocycles. The fraction of sp³-hybridized carbons (Fsp3) is 0.688. The third-order valence-electron chi connectivity index (χ3n) is 4.25. The summed E-state index contributed by atoms with van der Waals surface area (Å²) in [5, 5.41) is 0. The standard InChI is InChI=1S/C16H27N3/c1-4-15(17)9-14-8-12(2)16(18-10-14)19(3)11-13-6-5-7-13/h8,10,13,15H,4-7,9,11,17H2,1-3H3. The van der Waals surface area contributed by atoms with E-state index in [0.717, 1.165) is 31.1 Å². The van der Waals surface area contributed by atoms with Crippen molar-refractivity contribution in [1.82, 2.24) is 4.98 Å². The first-order valence-corrected chi connectivity index (χ1v) is 7.52. The highest BCUT2D eigenvalue weighted by atomic mass is 15.2. The van der Waals surface area contributed by atoms with Gasteiger partial charge in [0.25, 0.3) is 0 Å². The van der Waals surface area contributed by atoms with Gasteiger partial charge in [0.05, 0.1) is 0 Å². The Kier molecular flexibility index (Phi) is 4.81. The van der Waals surface area contributed by atoms with Crippen LogP contribution in [0.15, 0.2) is 12.3 Å². The van der Waals surface area contributed by atoms with Crippen LogP contribution < -0.4 is 10.6 Å². The molecule has 19 heavy (non-hydrogen) atoms. The van der Waals surface area contributed by atoms with Crippen molar-refractivity contribution < 1.29 is 0 Å². The second kappa shape index (κ2) is 6.38. The lowest BCUT2D eigenvalue weighted by atomic mass is 9.85. The molecule has 0 spiro atoms. The number of anilines is 1. The van der Waals surface area contributed by atoms with Crippen molar-refractivity contribution in [1.29, 1.82) is 0 Å². The molecule has 0 radical (unpaired) electrons. The molecule has 0 bridgehead atoms. The van der Waals surface area contributed by atoms with Crippen LogP contribution in [-0.4, -0.2) is 24.6 Å². The quantitative estimate of drug-likeness (QED) is 0.856. The van der Waals surface area contributed by atoms with Crippen molar-refractivity contribution in [2.75, 3.05) is 18.5 Å². The Morgan fingerprint density at radius 1 is 1.47 bits per heavy atom. The molecule has 0 saturated heterocycles. The van der Waals surface area contributed by atoms with Crippen molar-refractivity contribution >= 4 is 5.82 Å². The molecular weight excluding hydrogens is 234 g/mol. The molecule has 1 unspecified atom stereocenters. The highest BCUT2D eigenvalue weighted by Gasteiger charge is 2.20. The van der Waals surface area contributed by atoms with Crippen LogP contribution in [0.1, 0.15) is 43.7 Å². The van der Waals surface area contributed by atoms with Crippen LogP contribution in [0.5, 0.6) is 0 Å². The molecule has 1 aromatic heterocycles. The maximum Gasteiger partial charge on any atom is 0.131 e. The second-order valence-corrected chi connectivity index (χ2v) is 6.03. The van der Waals surface area contributed by atoms with E-state index in [0.29, 0.717) is 0 Å². The summed E-state index contributed by atoms with van der Waals surface area (Å²) in [6, 6.07) is 2.49. The van der Waals surface area contributed by atoms with Crippen molar-refractivity contribution in [2.24, 2.45) is 11.7 Å². The van der Waals surface area contributed by atoms with Gasteiger partial charge in [-0.15, -0.1) is 0 Å². The summed E-state index contributed by atoms with van der Waals surface area (Å²) in [7, 11) is 2.16. The second-order valence-electron chi connectivity index (χ2n) is 6.03. The van der Waals surface area contributed by atoms with Crippen LogP contribution in [0.2, 0.25) is 0 Å². The highest BCUT2D eigenvalue weighted by molar-refractivity contribution is 5.46. The number of aromatic nitrogens is 1. The van der Waals surface area contributed by atoms with Gasteiger partial charge in [-0.2, -0.15) is 0 Å². The van der Waals surface area contributed by atoms with E-state index in [1.165, 1.54) is 30.4 Å². The van der Waals surface area contributed by atoms with Gasteiger partial charge in [0, 0.05) is 25.8 Å². The van der Waals surface area contributed by atoms with Gasteiger partial charge in [-0.3, -0.25) is 0 Å². The molecule has 1 fully saturated rings. The van der Waals surface area contributed by atoms with Gasteiger partial charge < -0.3 is 10.6 Å². The number of aryl methyl sites for hydroxylation is 1. The zero-order valence-electron chi connectivity index (χ0n) is 12.5. The molecule has 2 N–H and O–H groups in total. The van der Waals surface area contributed by atoms with Crippen LogP contribution in [0, 0.1) is 12.8 Å². The molecule has 0 aliphatic heterocycles. The van der Waals surface area contributed by atoms with Crippen molar-refractivity contribution in [2.45, 2.75) is 52.0 Å². The van der Waals surface area contributed by atoms with Crippen molar-refractivity contribution in [3.05, 3.63) is 23.4 Å². The molecular formula is C16H27N3. The van der Waals surface area contributed by atoms with Gasteiger partial charge in [0.15, 0.2) is 0 Å². The van der Waals surface area contributed by atoms with Gasteiger partial charge in [-0.25, -0.2) is 4.98 Å². The minimum Gasteiger partial charge on any atom is -0.359 e. The van der Waals surface area contributed by atoms with Crippen LogP contribution in [0.4, 0.5) is 5.82 Å². The Bertz CT molecular complexity index is 412. The predicted molar refractivity (Wildman–Crippen MR) is 81.6 cm³/mol. The molecule has 0 amide bonds. The highest BCUT2D eigenvalue weighted by Crippen LogP contribution is 2.28. The van der Waals surface area contributed by atoms with E-state index >= 15 is 0 Å². The third kappa shape index (κ3) is 3.69. The first-order valence-electron chi connectivity index (χ1n) is 7.52. The summed E-state index contributed by atoms with van der Waals surface area (Å²) in [5.41, 5.74) is 8.53. The SMILES string of the molecule is CCC(N)Cc1cnc(N(C)CC2CCC2)c(C)c1. The molecule has 1 saturated carbocycles. The van der Waals surface area contributed by atoms with E-state index in [1.807, 2.05) is 6.20 Å². The Hall–Kier alpha value is -1.09. The van der Waals surface area contributed by atoms with Gasteiger partial charge in [0.2, 0.25) is 0 Å². The third-order valence-corrected chi connectivity index (χ3v) is 4.25. The van der Waals surface area contributed by atoms with Gasteiger partial charge >= 0.3 is 0 Å². The molecule has 1 aliphatic rings. The lowest BCUT2D eigenvalue weighted by Gasteiger charge is -2.31. The summed E-state index contributed by atoms with van der Waals surface area (Å²) in [6.07, 6.45) is 8.10. The first-order chi connectivity index (χ1) is 9.10. The smallest absolute Gasteiger partial charge is 0.131 e. The number of rotatable bonds is 6. The van der Waals surface area contributed by atoms with Gasteiger partial charge in [-0.05, 0) is 49.7 Å². The predicted octanol–water partition coefficient (Wildman–Crippen LogP) is 2.91. The summed E-state index contributed by atoms with van der Waals surface area (Å²) in [5.74, 6) is 2.00. The van der Waals surface area contributed by atoms with Gasteiger partial charge in [0.1, 0.15) is 5.82 Å². The van der Waals surface area contributed by atoms with E-state index < -0.39 is 0 Å². The lowest BCUT2D eigenvalue weighted by molar-refractivity contribution is 0.321. The Morgan fingerprint density at radius 2 is 2.21 bits per heavy atom. The molecule has 1 atom stereocenters.